The van der Waals surface area contributed by atoms with E-state index in [1.54, 1.807) is 6.07 Å². The van der Waals surface area contributed by atoms with Crippen molar-refractivity contribution in [2.45, 2.75) is 19.4 Å². The minimum Gasteiger partial charge on any atom is -0.326 e. The molecule has 1 aliphatic rings. The Morgan fingerprint density at radius 2 is 1.92 bits per heavy atom. The summed E-state index contributed by atoms with van der Waals surface area (Å²) in [7, 11) is 0. The highest BCUT2D eigenvalue weighted by atomic mass is 19.1. The molecule has 2 aromatic rings. The second-order valence-electron chi connectivity index (χ2n) is 6.32. The summed E-state index contributed by atoms with van der Waals surface area (Å²) >= 11 is 0. The van der Waals surface area contributed by atoms with Crippen LogP contribution in [0.4, 0.5) is 10.1 Å². The number of nitrogens with one attached hydrogen (secondary N) is 1. The summed E-state index contributed by atoms with van der Waals surface area (Å²) in [5.41, 5.74) is 1.81. The van der Waals surface area contributed by atoms with E-state index in [2.05, 4.69) is 10.2 Å². The van der Waals surface area contributed by atoms with Crippen LogP contribution in [0.2, 0.25) is 0 Å². The molecular formula is C20H20FN3O. The average molecular weight is 337 g/mol. The van der Waals surface area contributed by atoms with E-state index in [1.165, 1.54) is 12.1 Å². The van der Waals surface area contributed by atoms with E-state index in [0.29, 0.717) is 17.7 Å². The Hall–Kier alpha value is -2.71. The fraction of sp³-hybridized carbons (Fsp3) is 0.300. The molecule has 0 radical (unpaired) electrons. The Morgan fingerprint density at radius 1 is 1.20 bits per heavy atom. The van der Waals surface area contributed by atoms with E-state index in [9.17, 15) is 9.18 Å². The summed E-state index contributed by atoms with van der Waals surface area (Å²) in [6.07, 6.45) is 1.50. The molecule has 1 amide bonds. The van der Waals surface area contributed by atoms with Gasteiger partial charge in [0.25, 0.3) is 0 Å². The van der Waals surface area contributed by atoms with Gasteiger partial charge in [0.2, 0.25) is 5.91 Å². The lowest BCUT2D eigenvalue weighted by atomic mass is 9.95. The number of anilines is 1. The lowest BCUT2D eigenvalue weighted by Crippen LogP contribution is -2.37. The average Bonchev–Trinajstić information content (AvgIpc) is 2.65. The van der Waals surface area contributed by atoms with Crippen molar-refractivity contribution in [2.75, 3.05) is 18.4 Å². The van der Waals surface area contributed by atoms with Gasteiger partial charge in [-0.1, -0.05) is 18.2 Å². The number of likely N-dealkylation sites (tertiary alicyclic amines) is 1. The van der Waals surface area contributed by atoms with Crippen LogP contribution in [0.3, 0.4) is 0 Å². The molecule has 0 spiro atoms. The molecule has 25 heavy (non-hydrogen) atoms. The van der Waals surface area contributed by atoms with Crippen molar-refractivity contribution in [3.05, 3.63) is 65.5 Å². The third kappa shape index (κ3) is 4.43. The van der Waals surface area contributed by atoms with Crippen LogP contribution in [0.25, 0.3) is 0 Å². The Kier molecular flexibility index (Phi) is 5.42. The predicted octanol–water partition coefficient (Wildman–Crippen LogP) is 3.55. The first-order valence-corrected chi connectivity index (χ1v) is 8.42. The first kappa shape index (κ1) is 17.1. The molecule has 3 rings (SSSR count). The van der Waals surface area contributed by atoms with Crippen LogP contribution in [-0.4, -0.2) is 23.9 Å². The maximum absolute atomic E-state index is 13.9. The summed E-state index contributed by atoms with van der Waals surface area (Å²) in [6, 6.07) is 15.9. The van der Waals surface area contributed by atoms with Crippen molar-refractivity contribution in [1.29, 1.82) is 5.26 Å². The molecule has 1 N–H and O–H groups in total. The normalized spacial score (nSPS) is 15.5. The van der Waals surface area contributed by atoms with E-state index in [-0.39, 0.29) is 17.6 Å². The molecular weight excluding hydrogens is 317 g/mol. The van der Waals surface area contributed by atoms with Crippen LogP contribution in [0.1, 0.15) is 24.0 Å². The highest BCUT2D eigenvalue weighted by Gasteiger charge is 2.25. The number of rotatable bonds is 4. The Morgan fingerprint density at radius 3 is 2.60 bits per heavy atom. The lowest BCUT2D eigenvalue weighted by molar-refractivity contribution is -0.121. The molecule has 128 valence electrons. The number of benzene rings is 2. The third-order valence-corrected chi connectivity index (χ3v) is 4.57. The van der Waals surface area contributed by atoms with Crippen molar-refractivity contribution >= 4 is 11.6 Å². The van der Waals surface area contributed by atoms with Gasteiger partial charge in [-0.15, -0.1) is 0 Å². The van der Waals surface area contributed by atoms with Gasteiger partial charge in [0.05, 0.1) is 11.6 Å². The Balaban J connectivity index is 1.54. The van der Waals surface area contributed by atoms with E-state index in [4.69, 9.17) is 5.26 Å². The fourth-order valence-electron chi connectivity index (χ4n) is 3.13. The summed E-state index contributed by atoms with van der Waals surface area (Å²) in [4.78, 5) is 14.5. The van der Waals surface area contributed by atoms with Gasteiger partial charge in [-0.25, -0.2) is 4.39 Å². The molecule has 1 heterocycles. The first-order valence-electron chi connectivity index (χ1n) is 8.42. The highest BCUT2D eigenvalue weighted by Crippen LogP contribution is 2.22. The Bertz CT molecular complexity index is 777. The zero-order valence-electron chi connectivity index (χ0n) is 13.9. The van der Waals surface area contributed by atoms with E-state index in [1.807, 2.05) is 36.4 Å². The van der Waals surface area contributed by atoms with Crippen LogP contribution in [0, 0.1) is 23.1 Å². The number of carbonyl (C=O) groups is 1. The monoisotopic (exact) mass is 337 g/mol. The topological polar surface area (TPSA) is 56.1 Å². The number of nitriles is 1. The van der Waals surface area contributed by atoms with Gasteiger partial charge >= 0.3 is 0 Å². The van der Waals surface area contributed by atoms with Crippen LogP contribution >= 0.6 is 0 Å². The van der Waals surface area contributed by atoms with Crippen molar-refractivity contribution in [2.24, 2.45) is 5.92 Å². The summed E-state index contributed by atoms with van der Waals surface area (Å²) in [5.74, 6) is -0.266. The van der Waals surface area contributed by atoms with E-state index in [0.717, 1.165) is 31.6 Å². The number of hydrogen-bond acceptors (Lipinski definition) is 3. The standard InChI is InChI=1S/C20H20FN3O/c21-19-7-6-15(13-22)12-17(19)14-24-10-8-16(9-11-24)20(25)23-18-4-2-1-3-5-18/h1-7,12,16H,8-11,14H2,(H,23,25). The number of hydrogen-bond donors (Lipinski definition) is 1. The third-order valence-electron chi connectivity index (χ3n) is 4.57. The fourth-order valence-corrected chi connectivity index (χ4v) is 3.13. The van der Waals surface area contributed by atoms with Gasteiger partial charge in [-0.05, 0) is 56.3 Å². The Labute approximate surface area is 146 Å². The molecule has 4 nitrogen and oxygen atoms in total. The quantitative estimate of drug-likeness (QED) is 0.928. The van der Waals surface area contributed by atoms with Crippen molar-refractivity contribution in [1.82, 2.24) is 4.90 Å². The maximum Gasteiger partial charge on any atom is 0.227 e. The van der Waals surface area contributed by atoms with Gasteiger partial charge in [0, 0.05) is 23.7 Å². The maximum atomic E-state index is 13.9. The summed E-state index contributed by atoms with van der Waals surface area (Å²) < 4.78 is 13.9. The first-order chi connectivity index (χ1) is 12.2. The van der Waals surface area contributed by atoms with Gasteiger partial charge in [-0.2, -0.15) is 5.26 Å². The van der Waals surface area contributed by atoms with Crippen LogP contribution in [-0.2, 0) is 11.3 Å². The smallest absolute Gasteiger partial charge is 0.227 e. The SMILES string of the molecule is N#Cc1ccc(F)c(CN2CCC(C(=O)Nc3ccccc3)CC2)c1. The molecule has 2 aromatic carbocycles. The number of halogens is 1. The van der Waals surface area contributed by atoms with E-state index >= 15 is 0 Å². The number of carbonyl (C=O) groups excluding carboxylic acids is 1. The van der Waals surface area contributed by atoms with Crippen molar-refractivity contribution in [3.63, 3.8) is 0 Å². The molecule has 0 aromatic heterocycles. The van der Waals surface area contributed by atoms with Gasteiger partial charge in [0.1, 0.15) is 5.82 Å². The lowest BCUT2D eigenvalue weighted by Gasteiger charge is -2.31. The van der Waals surface area contributed by atoms with Gasteiger partial charge < -0.3 is 5.32 Å². The second kappa shape index (κ2) is 7.91. The number of amides is 1. The van der Waals surface area contributed by atoms with Crippen molar-refractivity contribution < 1.29 is 9.18 Å². The van der Waals surface area contributed by atoms with E-state index < -0.39 is 0 Å². The zero-order valence-corrected chi connectivity index (χ0v) is 13.9. The number of nitrogens with zero attached hydrogens (tertiary/aromatic N) is 2. The minimum atomic E-state index is -0.289. The largest absolute Gasteiger partial charge is 0.326 e. The summed E-state index contributed by atoms with van der Waals surface area (Å²) in [6.45, 7) is 1.95. The molecule has 1 saturated heterocycles. The predicted molar refractivity (Wildman–Crippen MR) is 94.2 cm³/mol. The zero-order chi connectivity index (χ0) is 17.6. The minimum absolute atomic E-state index is 0.0215. The molecule has 0 unspecified atom stereocenters. The molecule has 1 fully saturated rings. The van der Waals surface area contributed by atoms with Crippen LogP contribution in [0.5, 0.6) is 0 Å². The molecule has 5 heteroatoms. The highest BCUT2D eigenvalue weighted by molar-refractivity contribution is 5.92. The molecule has 0 aliphatic carbocycles. The number of piperidine rings is 1. The molecule has 1 aliphatic heterocycles. The molecule has 0 atom stereocenters. The van der Waals surface area contributed by atoms with Crippen molar-refractivity contribution in [3.8, 4) is 6.07 Å². The molecule has 0 saturated carbocycles. The summed E-state index contributed by atoms with van der Waals surface area (Å²) in [5, 5.41) is 11.9. The van der Waals surface area contributed by atoms with Crippen LogP contribution in [0.15, 0.2) is 48.5 Å². The number of para-hydroxylation sites is 1. The molecule has 0 bridgehead atoms. The van der Waals surface area contributed by atoms with Crippen LogP contribution < -0.4 is 5.32 Å². The second-order valence-corrected chi connectivity index (χ2v) is 6.32. The van der Waals surface area contributed by atoms with Gasteiger partial charge in [-0.3, -0.25) is 9.69 Å². The van der Waals surface area contributed by atoms with Gasteiger partial charge in [0.15, 0.2) is 0 Å².